The maximum Gasteiger partial charge on any atom is 0.126 e. The zero-order chi connectivity index (χ0) is 16.8. The third-order valence-electron chi connectivity index (χ3n) is 4.02. The van der Waals surface area contributed by atoms with Gasteiger partial charge in [-0.2, -0.15) is 0 Å². The highest BCUT2D eigenvalue weighted by Crippen LogP contribution is 2.31. The van der Waals surface area contributed by atoms with E-state index >= 15 is 0 Å². The molecular formula is C21H26O2. The quantitative estimate of drug-likeness (QED) is 0.684. The van der Waals surface area contributed by atoms with E-state index in [9.17, 15) is 5.11 Å². The number of rotatable bonds is 6. The standard InChI is InChI=1S/C21H26O2/c1-15(2)7-5-8-16(3)11-12-18-13-17-9-6-10-21(23-4)19(17)14-20(18)22/h6-7,9-11,13-14,22H,5,8,12H2,1-4H3/b16-11+. The molecule has 0 unspecified atom stereocenters. The number of methoxy groups -OCH3 is 1. The first-order valence-corrected chi connectivity index (χ1v) is 8.09. The molecule has 23 heavy (non-hydrogen) atoms. The topological polar surface area (TPSA) is 29.5 Å². The SMILES string of the molecule is COc1cccc2cc(C/C=C(\C)CCC=C(C)C)c(O)cc12. The first-order valence-electron chi connectivity index (χ1n) is 8.09. The molecule has 0 bridgehead atoms. The van der Waals surface area contributed by atoms with E-state index in [-0.39, 0.29) is 0 Å². The Labute approximate surface area is 139 Å². The summed E-state index contributed by atoms with van der Waals surface area (Å²) >= 11 is 0. The molecular weight excluding hydrogens is 284 g/mol. The Morgan fingerprint density at radius 1 is 1.13 bits per heavy atom. The molecule has 0 aromatic heterocycles. The lowest BCUT2D eigenvalue weighted by molar-refractivity contribution is 0.419. The maximum absolute atomic E-state index is 10.3. The lowest BCUT2D eigenvalue weighted by Gasteiger charge is -2.09. The molecule has 0 fully saturated rings. The molecule has 0 saturated carbocycles. The van der Waals surface area contributed by atoms with Gasteiger partial charge in [-0.1, -0.05) is 35.4 Å². The van der Waals surface area contributed by atoms with Gasteiger partial charge in [-0.15, -0.1) is 0 Å². The predicted octanol–water partition coefficient (Wildman–Crippen LogP) is 5.79. The van der Waals surface area contributed by atoms with Crippen molar-refractivity contribution in [3.05, 3.63) is 59.2 Å². The van der Waals surface area contributed by atoms with Crippen LogP contribution >= 0.6 is 0 Å². The molecule has 2 aromatic rings. The average molecular weight is 310 g/mol. The zero-order valence-electron chi connectivity index (χ0n) is 14.5. The second-order valence-electron chi connectivity index (χ2n) is 6.24. The summed E-state index contributed by atoms with van der Waals surface area (Å²) in [6.07, 6.45) is 7.36. The molecule has 0 atom stereocenters. The number of ether oxygens (including phenoxy) is 1. The molecule has 0 aliphatic carbocycles. The van der Waals surface area contributed by atoms with E-state index < -0.39 is 0 Å². The van der Waals surface area contributed by atoms with Crippen LogP contribution in [-0.4, -0.2) is 12.2 Å². The molecule has 2 nitrogen and oxygen atoms in total. The number of benzene rings is 2. The number of phenolic OH excluding ortho intramolecular Hbond substituents is 1. The maximum atomic E-state index is 10.3. The first kappa shape index (κ1) is 17.1. The van der Waals surface area contributed by atoms with Gasteiger partial charge in [-0.3, -0.25) is 0 Å². The third-order valence-corrected chi connectivity index (χ3v) is 4.02. The Balaban J connectivity index is 2.17. The van der Waals surface area contributed by atoms with Gasteiger partial charge in [0.25, 0.3) is 0 Å². The summed E-state index contributed by atoms with van der Waals surface area (Å²) in [6, 6.07) is 9.78. The van der Waals surface area contributed by atoms with Gasteiger partial charge in [-0.25, -0.2) is 0 Å². The molecule has 0 saturated heterocycles. The molecule has 122 valence electrons. The van der Waals surface area contributed by atoms with Gasteiger partial charge in [0.15, 0.2) is 0 Å². The van der Waals surface area contributed by atoms with E-state index in [4.69, 9.17) is 4.74 Å². The molecule has 2 aromatic carbocycles. The van der Waals surface area contributed by atoms with E-state index in [1.54, 1.807) is 13.2 Å². The lowest BCUT2D eigenvalue weighted by atomic mass is 10.0. The van der Waals surface area contributed by atoms with Crippen LogP contribution in [-0.2, 0) is 6.42 Å². The number of hydrogen-bond acceptors (Lipinski definition) is 2. The molecule has 2 heteroatoms. The summed E-state index contributed by atoms with van der Waals surface area (Å²) < 4.78 is 5.36. The molecule has 0 amide bonds. The molecule has 2 rings (SSSR count). The van der Waals surface area contributed by atoms with Crippen molar-refractivity contribution in [1.29, 1.82) is 0 Å². The summed E-state index contributed by atoms with van der Waals surface area (Å²) in [7, 11) is 1.65. The van der Waals surface area contributed by atoms with E-state index in [2.05, 4.69) is 32.9 Å². The number of phenols is 1. The van der Waals surface area contributed by atoms with Crippen LogP contribution in [0, 0.1) is 0 Å². The Morgan fingerprint density at radius 3 is 2.61 bits per heavy atom. The van der Waals surface area contributed by atoms with Crippen molar-refractivity contribution >= 4 is 10.8 Å². The number of fused-ring (bicyclic) bond motifs is 1. The largest absolute Gasteiger partial charge is 0.508 e. The van der Waals surface area contributed by atoms with Crippen molar-refractivity contribution in [2.24, 2.45) is 0 Å². The molecule has 0 spiro atoms. The van der Waals surface area contributed by atoms with Crippen molar-refractivity contribution in [2.75, 3.05) is 7.11 Å². The summed E-state index contributed by atoms with van der Waals surface area (Å²) in [4.78, 5) is 0. The van der Waals surface area contributed by atoms with Crippen molar-refractivity contribution in [3.63, 3.8) is 0 Å². The lowest BCUT2D eigenvalue weighted by Crippen LogP contribution is -1.89. The van der Waals surface area contributed by atoms with Gasteiger partial charge in [0.05, 0.1) is 7.11 Å². The van der Waals surface area contributed by atoms with Crippen LogP contribution in [0.2, 0.25) is 0 Å². The minimum Gasteiger partial charge on any atom is -0.508 e. The van der Waals surface area contributed by atoms with Crippen LogP contribution in [0.15, 0.2) is 53.6 Å². The Hall–Kier alpha value is -2.22. The second kappa shape index (κ2) is 7.87. The van der Waals surface area contributed by atoms with Crippen LogP contribution in [0.1, 0.15) is 39.2 Å². The van der Waals surface area contributed by atoms with Crippen molar-refractivity contribution in [2.45, 2.75) is 40.0 Å². The normalized spacial score (nSPS) is 11.6. The van der Waals surface area contributed by atoms with E-state index in [1.165, 1.54) is 11.1 Å². The number of hydrogen-bond donors (Lipinski definition) is 1. The Bertz CT molecular complexity index is 735. The molecule has 0 aliphatic heterocycles. The predicted molar refractivity (Wildman–Crippen MR) is 98.3 cm³/mol. The van der Waals surface area contributed by atoms with Gasteiger partial charge < -0.3 is 9.84 Å². The monoisotopic (exact) mass is 310 g/mol. The minimum atomic E-state index is 0.329. The molecule has 1 N–H and O–H groups in total. The van der Waals surface area contributed by atoms with Crippen molar-refractivity contribution in [3.8, 4) is 11.5 Å². The van der Waals surface area contributed by atoms with Gasteiger partial charge in [-0.05, 0) is 69.2 Å². The Morgan fingerprint density at radius 2 is 1.91 bits per heavy atom. The first-order chi connectivity index (χ1) is 11.0. The van der Waals surface area contributed by atoms with Crippen molar-refractivity contribution < 1.29 is 9.84 Å². The zero-order valence-corrected chi connectivity index (χ0v) is 14.5. The van der Waals surface area contributed by atoms with Crippen LogP contribution in [0.5, 0.6) is 11.5 Å². The average Bonchev–Trinajstić information content (AvgIpc) is 2.52. The van der Waals surface area contributed by atoms with Gasteiger partial charge in [0.1, 0.15) is 11.5 Å². The van der Waals surface area contributed by atoms with E-state index in [0.717, 1.165) is 41.3 Å². The smallest absolute Gasteiger partial charge is 0.126 e. The summed E-state index contributed by atoms with van der Waals surface area (Å²) in [5.41, 5.74) is 3.67. The van der Waals surface area contributed by atoms with Crippen LogP contribution in [0.4, 0.5) is 0 Å². The summed E-state index contributed by atoms with van der Waals surface area (Å²) in [6.45, 7) is 6.40. The van der Waals surface area contributed by atoms with Gasteiger partial charge in [0, 0.05) is 5.39 Å². The van der Waals surface area contributed by atoms with E-state index in [0.29, 0.717) is 5.75 Å². The summed E-state index contributed by atoms with van der Waals surface area (Å²) in [5.74, 6) is 1.12. The highest BCUT2D eigenvalue weighted by Gasteiger charge is 2.07. The summed E-state index contributed by atoms with van der Waals surface area (Å²) in [5, 5.41) is 12.3. The highest BCUT2D eigenvalue weighted by atomic mass is 16.5. The Kier molecular flexibility index (Phi) is 5.86. The fraction of sp³-hybridized carbons (Fsp3) is 0.333. The van der Waals surface area contributed by atoms with Gasteiger partial charge in [0.2, 0.25) is 0 Å². The van der Waals surface area contributed by atoms with E-state index in [1.807, 2.05) is 24.3 Å². The van der Waals surface area contributed by atoms with Crippen LogP contribution < -0.4 is 4.74 Å². The third kappa shape index (κ3) is 4.62. The van der Waals surface area contributed by atoms with Crippen LogP contribution in [0.25, 0.3) is 10.8 Å². The minimum absolute atomic E-state index is 0.329. The highest BCUT2D eigenvalue weighted by molar-refractivity contribution is 5.90. The molecule has 0 aliphatic rings. The molecule has 0 heterocycles. The number of aromatic hydroxyl groups is 1. The van der Waals surface area contributed by atoms with Crippen molar-refractivity contribution in [1.82, 2.24) is 0 Å². The molecule has 0 radical (unpaired) electrons. The van der Waals surface area contributed by atoms with Crippen LogP contribution in [0.3, 0.4) is 0 Å². The fourth-order valence-corrected chi connectivity index (χ4v) is 2.65. The second-order valence-corrected chi connectivity index (χ2v) is 6.24. The van der Waals surface area contributed by atoms with Gasteiger partial charge >= 0.3 is 0 Å². The number of allylic oxidation sites excluding steroid dienone is 4. The fourth-order valence-electron chi connectivity index (χ4n) is 2.65.